The highest BCUT2D eigenvalue weighted by Gasteiger charge is 2.33. The standard InChI is InChI=1S/C27H31N3O2/c1-17(2)30-25-11-18(3)20(13-24(25)19(4)15-27(30,5)6)12-21(16-28)26(31)29-22-9-8-10-23(14-22)32-7/h8-15,17H,1-7H3,(H,29,31)/b21-12-. The van der Waals surface area contributed by atoms with Crippen LogP contribution in [0.2, 0.25) is 0 Å². The predicted molar refractivity (Wildman–Crippen MR) is 132 cm³/mol. The van der Waals surface area contributed by atoms with Gasteiger partial charge in [-0.15, -0.1) is 0 Å². The van der Waals surface area contributed by atoms with E-state index in [2.05, 4.69) is 69.1 Å². The Morgan fingerprint density at radius 3 is 2.56 bits per heavy atom. The summed E-state index contributed by atoms with van der Waals surface area (Å²) in [7, 11) is 1.57. The van der Waals surface area contributed by atoms with Gasteiger partial charge in [-0.1, -0.05) is 12.1 Å². The Bertz CT molecular complexity index is 1150. The molecule has 0 unspecified atom stereocenters. The zero-order chi connectivity index (χ0) is 23.6. The van der Waals surface area contributed by atoms with Gasteiger partial charge in [-0.25, -0.2) is 0 Å². The van der Waals surface area contributed by atoms with E-state index < -0.39 is 5.91 Å². The van der Waals surface area contributed by atoms with Crippen LogP contribution in [-0.4, -0.2) is 24.6 Å². The van der Waals surface area contributed by atoms with Crippen LogP contribution < -0.4 is 15.0 Å². The number of carbonyl (C=O) groups excluding carboxylic acids is 1. The molecule has 1 aliphatic rings. The molecule has 3 rings (SSSR count). The van der Waals surface area contributed by atoms with Crippen molar-refractivity contribution in [2.24, 2.45) is 0 Å². The molecule has 1 heterocycles. The molecule has 166 valence electrons. The SMILES string of the molecule is COc1cccc(NC(=O)/C(C#N)=C\c2cc3c(cc2C)N(C(C)C)C(C)(C)C=C3C)c1. The molecule has 0 aliphatic carbocycles. The Morgan fingerprint density at radius 1 is 1.22 bits per heavy atom. The lowest BCUT2D eigenvalue weighted by atomic mass is 9.85. The van der Waals surface area contributed by atoms with E-state index in [1.165, 1.54) is 11.3 Å². The Kier molecular flexibility index (Phi) is 6.45. The highest BCUT2D eigenvalue weighted by atomic mass is 16.5. The molecule has 2 aromatic carbocycles. The molecule has 5 heteroatoms. The second-order valence-electron chi connectivity index (χ2n) is 9.03. The molecule has 0 bridgehead atoms. The first-order valence-corrected chi connectivity index (χ1v) is 10.8. The molecule has 0 saturated carbocycles. The number of hydrogen-bond acceptors (Lipinski definition) is 4. The fourth-order valence-electron chi connectivity index (χ4n) is 4.51. The number of allylic oxidation sites excluding steroid dienone is 1. The number of nitriles is 1. The second-order valence-corrected chi connectivity index (χ2v) is 9.03. The van der Waals surface area contributed by atoms with Gasteiger partial charge in [0, 0.05) is 29.0 Å². The summed E-state index contributed by atoms with van der Waals surface area (Å²) in [5, 5.41) is 12.5. The van der Waals surface area contributed by atoms with Crippen molar-refractivity contribution in [3.8, 4) is 11.8 Å². The molecular formula is C27H31N3O2. The molecule has 1 amide bonds. The van der Waals surface area contributed by atoms with Crippen molar-refractivity contribution in [2.45, 2.75) is 53.1 Å². The number of carbonyl (C=O) groups is 1. The monoisotopic (exact) mass is 429 g/mol. The summed E-state index contributed by atoms with van der Waals surface area (Å²) in [6.07, 6.45) is 3.94. The Balaban J connectivity index is 1.99. The van der Waals surface area contributed by atoms with Crippen LogP contribution in [0.3, 0.4) is 0 Å². The van der Waals surface area contributed by atoms with Crippen LogP contribution in [0.25, 0.3) is 11.6 Å². The molecule has 0 radical (unpaired) electrons. The molecular weight excluding hydrogens is 398 g/mol. The van der Waals surface area contributed by atoms with E-state index in [0.717, 1.165) is 16.7 Å². The van der Waals surface area contributed by atoms with Crippen LogP contribution in [0.1, 0.15) is 51.3 Å². The maximum atomic E-state index is 12.8. The quantitative estimate of drug-likeness (QED) is 0.470. The first-order valence-electron chi connectivity index (χ1n) is 10.8. The molecule has 0 fully saturated rings. The van der Waals surface area contributed by atoms with Crippen molar-refractivity contribution >= 4 is 28.9 Å². The van der Waals surface area contributed by atoms with Crippen molar-refractivity contribution in [1.29, 1.82) is 5.26 Å². The second kappa shape index (κ2) is 8.92. The third-order valence-electron chi connectivity index (χ3n) is 5.77. The molecule has 5 nitrogen and oxygen atoms in total. The van der Waals surface area contributed by atoms with E-state index in [9.17, 15) is 10.1 Å². The molecule has 32 heavy (non-hydrogen) atoms. The van der Waals surface area contributed by atoms with Gasteiger partial charge in [-0.2, -0.15) is 5.26 Å². The van der Waals surface area contributed by atoms with E-state index >= 15 is 0 Å². The summed E-state index contributed by atoms with van der Waals surface area (Å²) in [6.45, 7) is 13.0. The highest BCUT2D eigenvalue weighted by molar-refractivity contribution is 6.10. The van der Waals surface area contributed by atoms with Gasteiger partial charge in [0.25, 0.3) is 5.91 Å². The number of anilines is 2. The van der Waals surface area contributed by atoms with Crippen molar-refractivity contribution in [3.05, 3.63) is 64.7 Å². The number of amides is 1. The summed E-state index contributed by atoms with van der Waals surface area (Å²) in [6, 6.07) is 13.7. The van der Waals surface area contributed by atoms with Crippen LogP contribution in [0, 0.1) is 18.3 Å². The molecule has 0 atom stereocenters. The van der Waals surface area contributed by atoms with Crippen LogP contribution in [0.4, 0.5) is 11.4 Å². The number of aryl methyl sites for hydroxylation is 1. The van der Waals surface area contributed by atoms with Crippen LogP contribution in [-0.2, 0) is 4.79 Å². The topological polar surface area (TPSA) is 65.4 Å². The number of fused-ring (bicyclic) bond motifs is 1. The maximum Gasteiger partial charge on any atom is 0.266 e. The minimum Gasteiger partial charge on any atom is -0.497 e. The van der Waals surface area contributed by atoms with E-state index in [1.807, 2.05) is 6.92 Å². The molecule has 1 N–H and O–H groups in total. The van der Waals surface area contributed by atoms with Crippen molar-refractivity contribution in [2.75, 3.05) is 17.3 Å². The summed E-state index contributed by atoms with van der Waals surface area (Å²) >= 11 is 0. The van der Waals surface area contributed by atoms with Crippen LogP contribution in [0.15, 0.2) is 48.0 Å². The van der Waals surface area contributed by atoms with Gasteiger partial charge in [-0.05, 0) is 88.6 Å². The summed E-state index contributed by atoms with van der Waals surface area (Å²) in [5.41, 5.74) is 5.90. The van der Waals surface area contributed by atoms with Crippen molar-refractivity contribution < 1.29 is 9.53 Å². The number of hydrogen-bond donors (Lipinski definition) is 1. The first kappa shape index (κ1) is 23.1. The lowest BCUT2D eigenvalue weighted by molar-refractivity contribution is -0.112. The maximum absolute atomic E-state index is 12.8. The fraction of sp³-hybridized carbons (Fsp3) is 0.333. The average molecular weight is 430 g/mol. The molecule has 2 aromatic rings. The van der Waals surface area contributed by atoms with Crippen molar-refractivity contribution in [3.63, 3.8) is 0 Å². The lowest BCUT2D eigenvalue weighted by Gasteiger charge is -2.46. The Hall–Kier alpha value is -3.52. The fourth-order valence-corrected chi connectivity index (χ4v) is 4.51. The molecule has 0 saturated heterocycles. The van der Waals surface area contributed by atoms with E-state index in [-0.39, 0.29) is 11.1 Å². The number of nitrogens with one attached hydrogen (secondary N) is 1. The largest absolute Gasteiger partial charge is 0.497 e. The van der Waals surface area contributed by atoms with E-state index in [0.29, 0.717) is 17.5 Å². The third-order valence-corrected chi connectivity index (χ3v) is 5.77. The van der Waals surface area contributed by atoms with Gasteiger partial charge in [0.05, 0.1) is 12.6 Å². The third kappa shape index (κ3) is 4.55. The summed E-state index contributed by atoms with van der Waals surface area (Å²) in [5.74, 6) is 0.186. The zero-order valence-electron chi connectivity index (χ0n) is 19.9. The van der Waals surface area contributed by atoms with Gasteiger partial charge in [0.15, 0.2) is 0 Å². The van der Waals surface area contributed by atoms with Gasteiger partial charge >= 0.3 is 0 Å². The highest BCUT2D eigenvalue weighted by Crippen LogP contribution is 2.41. The number of benzene rings is 2. The molecule has 0 spiro atoms. The number of rotatable bonds is 5. The normalized spacial score (nSPS) is 15.0. The smallest absolute Gasteiger partial charge is 0.266 e. The van der Waals surface area contributed by atoms with Crippen LogP contribution in [0.5, 0.6) is 5.75 Å². The summed E-state index contributed by atoms with van der Waals surface area (Å²) in [4.78, 5) is 15.2. The van der Waals surface area contributed by atoms with Gasteiger partial charge < -0.3 is 15.0 Å². The van der Waals surface area contributed by atoms with Gasteiger partial charge in [0.1, 0.15) is 17.4 Å². The predicted octanol–water partition coefficient (Wildman–Crippen LogP) is 5.96. The van der Waals surface area contributed by atoms with E-state index in [4.69, 9.17) is 4.74 Å². The number of nitrogens with zero attached hydrogens (tertiary/aromatic N) is 2. The first-order chi connectivity index (χ1) is 15.1. The molecule has 0 aromatic heterocycles. The zero-order valence-corrected chi connectivity index (χ0v) is 19.9. The lowest BCUT2D eigenvalue weighted by Crippen LogP contribution is -2.49. The number of methoxy groups -OCH3 is 1. The van der Waals surface area contributed by atoms with E-state index in [1.54, 1.807) is 37.5 Å². The van der Waals surface area contributed by atoms with Crippen LogP contribution >= 0.6 is 0 Å². The Labute approximate surface area is 191 Å². The Morgan fingerprint density at radius 2 is 1.94 bits per heavy atom. The molecule has 1 aliphatic heterocycles. The van der Waals surface area contributed by atoms with Gasteiger partial charge in [-0.3, -0.25) is 4.79 Å². The summed E-state index contributed by atoms with van der Waals surface area (Å²) < 4.78 is 5.20. The van der Waals surface area contributed by atoms with Crippen molar-refractivity contribution in [1.82, 2.24) is 0 Å². The number of ether oxygens (including phenoxy) is 1. The minimum atomic E-state index is -0.449. The van der Waals surface area contributed by atoms with Gasteiger partial charge in [0.2, 0.25) is 0 Å². The minimum absolute atomic E-state index is 0.0503. The average Bonchev–Trinajstić information content (AvgIpc) is 2.71.